The number of nitrogens with two attached hydrogens (primary N) is 1. The van der Waals surface area contributed by atoms with E-state index in [9.17, 15) is 4.57 Å². The van der Waals surface area contributed by atoms with Gasteiger partial charge in [-0.05, 0) is 39.5 Å². The first-order valence-corrected chi connectivity index (χ1v) is 11.4. The molecular formula is C20H42NO4P. The molecule has 0 bridgehead atoms. The molecule has 0 aliphatic heterocycles. The Balaban J connectivity index is 3.71. The summed E-state index contributed by atoms with van der Waals surface area (Å²) in [6.45, 7) is 8.09. The van der Waals surface area contributed by atoms with E-state index in [1.54, 1.807) is 0 Å². The summed E-state index contributed by atoms with van der Waals surface area (Å²) in [6.07, 6.45) is 13.3. The molecule has 0 heterocycles. The minimum Gasteiger partial charge on any atom is -0.353 e. The molecule has 0 saturated heterocycles. The zero-order chi connectivity index (χ0) is 19.5. The highest BCUT2D eigenvalue weighted by Crippen LogP contribution is 2.25. The van der Waals surface area contributed by atoms with Crippen LogP contribution in [0.2, 0.25) is 0 Å². The Morgan fingerprint density at radius 3 is 2.15 bits per heavy atom. The fourth-order valence-electron chi connectivity index (χ4n) is 2.93. The Morgan fingerprint density at radius 1 is 0.846 bits per heavy atom. The summed E-state index contributed by atoms with van der Waals surface area (Å²) >= 11 is 0. The van der Waals surface area contributed by atoms with Gasteiger partial charge in [0.25, 0.3) is 0 Å². The van der Waals surface area contributed by atoms with Gasteiger partial charge < -0.3 is 14.2 Å². The third-order valence-electron chi connectivity index (χ3n) is 4.43. The van der Waals surface area contributed by atoms with Crippen molar-refractivity contribution >= 4 is 8.46 Å². The monoisotopic (exact) mass is 391 g/mol. The third kappa shape index (κ3) is 15.0. The normalized spacial score (nSPS) is 15.2. The smallest absolute Gasteiger partial charge is 0.207 e. The topological polar surface area (TPSA) is 70.8 Å². The lowest BCUT2D eigenvalue weighted by Gasteiger charge is -2.21. The lowest BCUT2D eigenvalue weighted by atomic mass is 10.1. The molecule has 2 N–H and O–H groups in total. The van der Waals surface area contributed by atoms with Gasteiger partial charge in [0, 0.05) is 26.2 Å². The summed E-state index contributed by atoms with van der Waals surface area (Å²) in [7, 11) is -0.132. The molecule has 156 valence electrons. The first-order chi connectivity index (χ1) is 12.6. The van der Waals surface area contributed by atoms with E-state index in [-0.39, 0.29) is 14.8 Å². The van der Waals surface area contributed by atoms with Crippen LogP contribution >= 0.6 is 8.46 Å². The third-order valence-corrected chi connectivity index (χ3v) is 5.09. The van der Waals surface area contributed by atoms with Crippen molar-refractivity contribution < 1.29 is 18.8 Å². The van der Waals surface area contributed by atoms with Gasteiger partial charge in [0.1, 0.15) is 0 Å². The summed E-state index contributed by atoms with van der Waals surface area (Å²) < 4.78 is 28.1. The van der Waals surface area contributed by atoms with Crippen LogP contribution in [0.1, 0.15) is 97.8 Å². The summed E-state index contributed by atoms with van der Waals surface area (Å²) in [6, 6.07) is 0. The molecule has 0 rings (SSSR count). The Labute approximate surface area is 162 Å². The van der Waals surface area contributed by atoms with Gasteiger partial charge in [0.05, 0.1) is 0 Å². The standard InChI is InChI=1S/C20H42NO4P/c1-4-7-8-9-12-15-18-24-19(23-5-2)16-13-10-11-14-17-20(21,26-22)25-6-3/h19H,4-18,21H2,1-3H3. The maximum Gasteiger partial charge on any atom is 0.207 e. The molecule has 0 aromatic heterocycles. The molecule has 0 amide bonds. The van der Waals surface area contributed by atoms with Gasteiger partial charge in [-0.2, -0.15) is 0 Å². The number of unbranched alkanes of at least 4 members (excludes halogenated alkanes) is 8. The van der Waals surface area contributed by atoms with Crippen molar-refractivity contribution in [2.24, 2.45) is 5.73 Å². The van der Waals surface area contributed by atoms with Crippen LogP contribution in [0, 0.1) is 0 Å². The molecule has 0 fully saturated rings. The highest BCUT2D eigenvalue weighted by atomic mass is 31.1. The highest BCUT2D eigenvalue weighted by Gasteiger charge is 2.25. The van der Waals surface area contributed by atoms with Crippen LogP contribution in [-0.4, -0.2) is 31.6 Å². The fourth-order valence-corrected chi connectivity index (χ4v) is 3.37. The Morgan fingerprint density at radius 2 is 1.50 bits per heavy atom. The number of hydrogen-bond donors (Lipinski definition) is 1. The summed E-state index contributed by atoms with van der Waals surface area (Å²) in [5.41, 5.74) is 4.92. The molecule has 0 radical (unpaired) electrons. The SMILES string of the molecule is CCCCCCCCOC(CCCCCCC(N)(OCC)P=O)OCC. The second-order valence-electron chi connectivity index (χ2n) is 6.85. The molecule has 0 aliphatic rings. The molecule has 6 heteroatoms. The lowest BCUT2D eigenvalue weighted by Crippen LogP contribution is -2.36. The fraction of sp³-hybridized carbons (Fsp3) is 1.00. The van der Waals surface area contributed by atoms with Gasteiger partial charge in [-0.25, -0.2) is 0 Å². The summed E-state index contributed by atoms with van der Waals surface area (Å²) in [5.74, 6) is 0. The molecule has 5 nitrogen and oxygen atoms in total. The van der Waals surface area contributed by atoms with E-state index in [1.165, 1.54) is 32.1 Å². The van der Waals surface area contributed by atoms with Crippen molar-refractivity contribution in [1.82, 2.24) is 0 Å². The van der Waals surface area contributed by atoms with E-state index in [0.29, 0.717) is 19.6 Å². The Hall–Kier alpha value is -0.0600. The van der Waals surface area contributed by atoms with E-state index >= 15 is 0 Å². The van der Waals surface area contributed by atoms with Crippen LogP contribution in [0.3, 0.4) is 0 Å². The van der Waals surface area contributed by atoms with E-state index in [4.69, 9.17) is 19.9 Å². The van der Waals surface area contributed by atoms with Crippen molar-refractivity contribution in [3.8, 4) is 0 Å². The second kappa shape index (κ2) is 18.3. The van der Waals surface area contributed by atoms with Crippen molar-refractivity contribution in [2.75, 3.05) is 19.8 Å². The zero-order valence-corrected chi connectivity index (χ0v) is 18.2. The van der Waals surface area contributed by atoms with Crippen LogP contribution < -0.4 is 5.73 Å². The lowest BCUT2D eigenvalue weighted by molar-refractivity contribution is -0.144. The maximum absolute atomic E-state index is 11.1. The van der Waals surface area contributed by atoms with Crippen LogP contribution in [0.25, 0.3) is 0 Å². The average Bonchev–Trinajstić information content (AvgIpc) is 2.63. The van der Waals surface area contributed by atoms with Gasteiger partial charge in [-0.3, -0.25) is 10.3 Å². The molecule has 0 saturated carbocycles. The van der Waals surface area contributed by atoms with Gasteiger partial charge in [0.2, 0.25) is 8.46 Å². The van der Waals surface area contributed by atoms with E-state index < -0.39 is 5.47 Å². The van der Waals surface area contributed by atoms with Gasteiger partial charge >= 0.3 is 0 Å². The molecule has 26 heavy (non-hydrogen) atoms. The maximum atomic E-state index is 11.1. The molecule has 0 aromatic carbocycles. The number of hydrogen-bond acceptors (Lipinski definition) is 5. The number of rotatable bonds is 20. The quantitative estimate of drug-likeness (QED) is 0.156. The minimum atomic E-state index is -1.01. The van der Waals surface area contributed by atoms with Crippen molar-refractivity contribution in [3.05, 3.63) is 0 Å². The van der Waals surface area contributed by atoms with Crippen LogP contribution in [-0.2, 0) is 18.8 Å². The van der Waals surface area contributed by atoms with Crippen molar-refractivity contribution in [1.29, 1.82) is 0 Å². The zero-order valence-electron chi connectivity index (χ0n) is 17.3. The van der Waals surface area contributed by atoms with Gasteiger partial charge in [-0.15, -0.1) is 0 Å². The average molecular weight is 392 g/mol. The minimum absolute atomic E-state index is 0.0761. The Bertz CT molecular complexity index is 320. The number of ether oxygens (including phenoxy) is 3. The first kappa shape index (κ1) is 25.9. The molecule has 2 unspecified atom stereocenters. The van der Waals surface area contributed by atoms with E-state index in [1.807, 2.05) is 13.8 Å². The summed E-state index contributed by atoms with van der Waals surface area (Å²) in [5, 5.41) is 0. The van der Waals surface area contributed by atoms with Crippen LogP contribution in [0.5, 0.6) is 0 Å². The predicted molar refractivity (Wildman–Crippen MR) is 109 cm³/mol. The summed E-state index contributed by atoms with van der Waals surface area (Å²) in [4.78, 5) is 0. The van der Waals surface area contributed by atoms with Crippen molar-refractivity contribution in [3.63, 3.8) is 0 Å². The van der Waals surface area contributed by atoms with Crippen LogP contribution in [0.15, 0.2) is 0 Å². The molecular weight excluding hydrogens is 349 g/mol. The van der Waals surface area contributed by atoms with Gasteiger partial charge in [0.15, 0.2) is 11.8 Å². The predicted octanol–water partition coefficient (Wildman–Crippen LogP) is 6.01. The van der Waals surface area contributed by atoms with Gasteiger partial charge in [-0.1, -0.05) is 51.9 Å². The van der Waals surface area contributed by atoms with Crippen molar-refractivity contribution in [2.45, 2.75) is 110 Å². The van der Waals surface area contributed by atoms with E-state index in [2.05, 4.69) is 6.92 Å². The molecule has 0 spiro atoms. The molecule has 0 aromatic rings. The second-order valence-corrected chi connectivity index (χ2v) is 7.79. The van der Waals surface area contributed by atoms with E-state index in [0.717, 1.165) is 45.1 Å². The molecule has 2 atom stereocenters. The van der Waals surface area contributed by atoms with Crippen LogP contribution in [0.4, 0.5) is 0 Å². The largest absolute Gasteiger partial charge is 0.353 e. The Kier molecular flexibility index (Phi) is 18.3. The highest BCUT2D eigenvalue weighted by molar-refractivity contribution is 7.25. The molecule has 0 aliphatic carbocycles. The first-order valence-electron chi connectivity index (χ1n) is 10.6.